The van der Waals surface area contributed by atoms with Crippen molar-refractivity contribution in [2.24, 2.45) is 11.3 Å². The number of ether oxygens (including phenoxy) is 1. The maximum atomic E-state index is 11.9. The summed E-state index contributed by atoms with van der Waals surface area (Å²) in [6.07, 6.45) is 9.52. The molecule has 0 aromatic carbocycles. The van der Waals surface area contributed by atoms with Crippen molar-refractivity contribution in [1.29, 1.82) is 0 Å². The molecule has 18 heavy (non-hydrogen) atoms. The third-order valence-electron chi connectivity index (χ3n) is 3.62. The molecule has 0 N–H and O–H groups in total. The molecule has 0 aliphatic heterocycles. The lowest BCUT2D eigenvalue weighted by atomic mass is 9.77. The molecule has 2 nitrogen and oxygen atoms in total. The van der Waals surface area contributed by atoms with Crippen LogP contribution in [-0.4, -0.2) is 13.1 Å². The van der Waals surface area contributed by atoms with Gasteiger partial charge in [0.05, 0.1) is 12.5 Å². The molecule has 0 heterocycles. The largest absolute Gasteiger partial charge is 0.469 e. The summed E-state index contributed by atoms with van der Waals surface area (Å²) >= 11 is 0. The van der Waals surface area contributed by atoms with Crippen molar-refractivity contribution in [1.82, 2.24) is 0 Å². The topological polar surface area (TPSA) is 26.3 Å². The third kappa shape index (κ3) is 7.03. The zero-order valence-electron chi connectivity index (χ0n) is 13.1. The van der Waals surface area contributed by atoms with Gasteiger partial charge in [0.25, 0.3) is 0 Å². The fraction of sp³-hybridized carbons (Fsp3) is 0.938. The van der Waals surface area contributed by atoms with Crippen LogP contribution in [0, 0.1) is 11.3 Å². The van der Waals surface area contributed by atoms with Crippen LogP contribution in [0.3, 0.4) is 0 Å². The number of carbonyl (C=O) groups excluding carboxylic acids is 1. The van der Waals surface area contributed by atoms with Gasteiger partial charge in [0.1, 0.15) is 0 Å². The lowest BCUT2D eigenvalue weighted by Gasteiger charge is -2.28. The molecule has 0 rings (SSSR count). The summed E-state index contributed by atoms with van der Waals surface area (Å²) in [6.45, 7) is 8.63. The van der Waals surface area contributed by atoms with Gasteiger partial charge in [-0.1, -0.05) is 59.3 Å². The normalized spacial score (nSPS) is 14.6. The zero-order valence-corrected chi connectivity index (χ0v) is 13.1. The average molecular weight is 256 g/mol. The Kier molecular flexibility index (Phi) is 9.13. The summed E-state index contributed by atoms with van der Waals surface area (Å²) in [5, 5.41) is 0. The van der Waals surface area contributed by atoms with Gasteiger partial charge in [0, 0.05) is 0 Å². The van der Waals surface area contributed by atoms with Crippen LogP contribution in [-0.2, 0) is 9.53 Å². The van der Waals surface area contributed by atoms with Gasteiger partial charge in [-0.2, -0.15) is 0 Å². The zero-order chi connectivity index (χ0) is 14.0. The number of hydrogen-bond donors (Lipinski definition) is 0. The minimum absolute atomic E-state index is 0.0373. The molecule has 0 aromatic heterocycles. The van der Waals surface area contributed by atoms with Gasteiger partial charge in [-0.05, 0) is 25.7 Å². The fourth-order valence-electron chi connectivity index (χ4n) is 2.73. The predicted molar refractivity (Wildman–Crippen MR) is 77.6 cm³/mol. The quantitative estimate of drug-likeness (QED) is 0.408. The molecule has 0 aliphatic rings. The molecule has 0 fully saturated rings. The molecule has 0 amide bonds. The van der Waals surface area contributed by atoms with Crippen LogP contribution in [0.15, 0.2) is 0 Å². The first kappa shape index (κ1) is 17.5. The Morgan fingerprint density at radius 1 is 1.11 bits per heavy atom. The molecule has 0 radical (unpaired) electrons. The van der Waals surface area contributed by atoms with Crippen molar-refractivity contribution < 1.29 is 9.53 Å². The van der Waals surface area contributed by atoms with Gasteiger partial charge < -0.3 is 4.74 Å². The maximum Gasteiger partial charge on any atom is 0.311 e. The van der Waals surface area contributed by atoms with E-state index in [0.29, 0.717) is 5.92 Å². The Bertz CT molecular complexity index is 223. The van der Waals surface area contributed by atoms with E-state index >= 15 is 0 Å². The molecule has 0 saturated carbocycles. The highest BCUT2D eigenvalue weighted by molar-refractivity contribution is 5.76. The molecular formula is C16H32O2. The number of unbranched alkanes of at least 4 members (excludes halogenated alkanes) is 5. The second-order valence-electron chi connectivity index (χ2n) is 6.17. The van der Waals surface area contributed by atoms with Gasteiger partial charge in [-0.15, -0.1) is 0 Å². The number of carbonyl (C=O) groups is 1. The van der Waals surface area contributed by atoms with Crippen molar-refractivity contribution in [3.63, 3.8) is 0 Å². The minimum Gasteiger partial charge on any atom is -0.469 e. The van der Waals surface area contributed by atoms with Gasteiger partial charge in [0.2, 0.25) is 0 Å². The van der Waals surface area contributed by atoms with Gasteiger partial charge >= 0.3 is 5.97 Å². The van der Waals surface area contributed by atoms with E-state index in [4.69, 9.17) is 4.74 Å². The van der Waals surface area contributed by atoms with Crippen LogP contribution >= 0.6 is 0 Å². The van der Waals surface area contributed by atoms with E-state index in [1.165, 1.54) is 39.2 Å². The standard InChI is InChI=1S/C16H32O2/c1-6-7-8-9-10-11-12-16(4,13-14(2)3)15(17)18-5/h14H,6-13H2,1-5H3. The highest BCUT2D eigenvalue weighted by atomic mass is 16.5. The van der Waals surface area contributed by atoms with E-state index in [2.05, 4.69) is 27.7 Å². The highest BCUT2D eigenvalue weighted by Gasteiger charge is 2.34. The second kappa shape index (κ2) is 9.41. The van der Waals surface area contributed by atoms with Gasteiger partial charge in [-0.25, -0.2) is 0 Å². The number of rotatable bonds is 10. The van der Waals surface area contributed by atoms with Crippen molar-refractivity contribution in [2.75, 3.05) is 7.11 Å². The lowest BCUT2D eigenvalue weighted by molar-refractivity contribution is -0.153. The van der Waals surface area contributed by atoms with Crippen LogP contribution < -0.4 is 0 Å². The van der Waals surface area contributed by atoms with Crippen LogP contribution in [0.2, 0.25) is 0 Å². The fourth-order valence-corrected chi connectivity index (χ4v) is 2.73. The molecule has 0 spiro atoms. The van der Waals surface area contributed by atoms with Gasteiger partial charge in [-0.3, -0.25) is 4.79 Å². The van der Waals surface area contributed by atoms with Gasteiger partial charge in [0.15, 0.2) is 0 Å². The summed E-state index contributed by atoms with van der Waals surface area (Å²) in [5.41, 5.74) is -0.284. The van der Waals surface area contributed by atoms with Crippen molar-refractivity contribution in [3.05, 3.63) is 0 Å². The first-order valence-electron chi connectivity index (χ1n) is 7.54. The Morgan fingerprint density at radius 2 is 1.67 bits per heavy atom. The molecule has 108 valence electrons. The Labute approximate surface area is 113 Å². The summed E-state index contributed by atoms with van der Waals surface area (Å²) in [4.78, 5) is 11.9. The monoisotopic (exact) mass is 256 g/mol. The SMILES string of the molecule is CCCCCCCCC(C)(CC(C)C)C(=O)OC. The molecule has 2 heteroatoms. The van der Waals surface area contributed by atoms with Crippen LogP contribution in [0.1, 0.15) is 79.1 Å². The second-order valence-corrected chi connectivity index (χ2v) is 6.17. The van der Waals surface area contributed by atoms with Crippen molar-refractivity contribution in [2.45, 2.75) is 79.1 Å². The Morgan fingerprint density at radius 3 is 2.17 bits per heavy atom. The molecule has 0 bridgehead atoms. The molecular weight excluding hydrogens is 224 g/mol. The first-order valence-corrected chi connectivity index (χ1v) is 7.54. The summed E-state index contributed by atoms with van der Waals surface area (Å²) in [6, 6.07) is 0. The molecule has 0 aromatic rings. The van der Waals surface area contributed by atoms with Crippen LogP contribution in [0.5, 0.6) is 0 Å². The average Bonchev–Trinajstić information content (AvgIpc) is 2.31. The van der Waals surface area contributed by atoms with Crippen LogP contribution in [0.25, 0.3) is 0 Å². The van der Waals surface area contributed by atoms with E-state index < -0.39 is 0 Å². The number of hydrogen-bond acceptors (Lipinski definition) is 2. The van der Waals surface area contributed by atoms with Crippen molar-refractivity contribution >= 4 is 5.97 Å². The number of methoxy groups -OCH3 is 1. The van der Waals surface area contributed by atoms with Crippen LogP contribution in [0.4, 0.5) is 0 Å². The van der Waals surface area contributed by atoms with E-state index in [0.717, 1.165) is 19.3 Å². The summed E-state index contributed by atoms with van der Waals surface area (Å²) < 4.78 is 4.97. The summed E-state index contributed by atoms with van der Waals surface area (Å²) in [5.74, 6) is 0.499. The number of esters is 1. The van der Waals surface area contributed by atoms with Crippen molar-refractivity contribution in [3.8, 4) is 0 Å². The smallest absolute Gasteiger partial charge is 0.311 e. The van der Waals surface area contributed by atoms with E-state index in [1.54, 1.807) is 0 Å². The Balaban J connectivity index is 4.05. The molecule has 1 unspecified atom stereocenters. The van der Waals surface area contributed by atoms with E-state index in [1.807, 2.05) is 0 Å². The van der Waals surface area contributed by atoms with E-state index in [-0.39, 0.29) is 11.4 Å². The summed E-state index contributed by atoms with van der Waals surface area (Å²) in [7, 11) is 1.50. The maximum absolute atomic E-state index is 11.9. The van der Waals surface area contributed by atoms with E-state index in [9.17, 15) is 4.79 Å². The lowest BCUT2D eigenvalue weighted by Crippen LogP contribution is -2.30. The third-order valence-corrected chi connectivity index (χ3v) is 3.62. The first-order chi connectivity index (χ1) is 8.46. The highest BCUT2D eigenvalue weighted by Crippen LogP contribution is 2.33. The predicted octanol–water partition coefficient (Wildman–Crippen LogP) is 4.96. The molecule has 0 aliphatic carbocycles. The Hall–Kier alpha value is -0.530. The molecule has 0 saturated heterocycles. The minimum atomic E-state index is -0.284. The molecule has 1 atom stereocenters.